The van der Waals surface area contributed by atoms with E-state index in [9.17, 15) is 0 Å². The lowest BCUT2D eigenvalue weighted by Gasteiger charge is -1.96. The highest BCUT2D eigenvalue weighted by Gasteiger charge is 1.87. The molecule has 0 heteroatoms. The summed E-state index contributed by atoms with van der Waals surface area (Å²) < 4.78 is 0. The molecular formula is C14H20. The van der Waals surface area contributed by atoms with Crippen molar-refractivity contribution in [3.05, 3.63) is 48.0 Å². The molecular weight excluding hydrogens is 168 g/mol. The van der Waals surface area contributed by atoms with E-state index in [4.69, 9.17) is 0 Å². The summed E-state index contributed by atoms with van der Waals surface area (Å²) in [4.78, 5) is 0. The van der Waals surface area contributed by atoms with Crippen LogP contribution in [0.15, 0.2) is 42.5 Å². The molecule has 0 nitrogen and oxygen atoms in total. The first-order valence-electron chi connectivity index (χ1n) is 5.62. The van der Waals surface area contributed by atoms with Gasteiger partial charge in [-0.25, -0.2) is 0 Å². The van der Waals surface area contributed by atoms with Gasteiger partial charge < -0.3 is 0 Å². The van der Waals surface area contributed by atoms with Crippen LogP contribution in [0.25, 0.3) is 0 Å². The van der Waals surface area contributed by atoms with Crippen molar-refractivity contribution in [2.75, 3.05) is 0 Å². The Morgan fingerprint density at radius 1 is 1.00 bits per heavy atom. The predicted molar refractivity (Wildman–Crippen MR) is 63.4 cm³/mol. The van der Waals surface area contributed by atoms with Crippen LogP contribution in [0.1, 0.15) is 38.2 Å². The van der Waals surface area contributed by atoms with E-state index in [1.807, 2.05) is 0 Å². The maximum absolute atomic E-state index is 2.31. The molecule has 0 aliphatic heterocycles. The Labute approximate surface area is 87.7 Å². The highest BCUT2D eigenvalue weighted by atomic mass is 13.9. The summed E-state index contributed by atoms with van der Waals surface area (Å²) in [6, 6.07) is 10.7. The van der Waals surface area contributed by atoms with Crippen molar-refractivity contribution < 1.29 is 0 Å². The van der Waals surface area contributed by atoms with Crippen molar-refractivity contribution in [2.24, 2.45) is 0 Å². The molecule has 0 heterocycles. The van der Waals surface area contributed by atoms with Crippen molar-refractivity contribution in [1.82, 2.24) is 0 Å². The summed E-state index contributed by atoms with van der Waals surface area (Å²) in [5.74, 6) is 0. The minimum Gasteiger partial charge on any atom is -0.0885 e. The van der Waals surface area contributed by atoms with E-state index in [1.54, 1.807) is 0 Å². The van der Waals surface area contributed by atoms with Crippen molar-refractivity contribution in [2.45, 2.75) is 39.0 Å². The topological polar surface area (TPSA) is 0 Å². The highest BCUT2D eigenvalue weighted by Crippen LogP contribution is 2.03. The van der Waals surface area contributed by atoms with E-state index >= 15 is 0 Å². The predicted octanol–water partition coefficient (Wildman–Crippen LogP) is 4.37. The molecule has 14 heavy (non-hydrogen) atoms. The summed E-state index contributed by atoms with van der Waals surface area (Å²) in [7, 11) is 0. The summed E-state index contributed by atoms with van der Waals surface area (Å²) in [6.45, 7) is 2.23. The zero-order valence-electron chi connectivity index (χ0n) is 9.08. The van der Waals surface area contributed by atoms with Crippen LogP contribution in [0.3, 0.4) is 0 Å². The number of benzene rings is 1. The van der Waals surface area contributed by atoms with Crippen LogP contribution in [0.4, 0.5) is 0 Å². The van der Waals surface area contributed by atoms with E-state index in [2.05, 4.69) is 49.4 Å². The third kappa shape index (κ3) is 4.86. The molecule has 1 rings (SSSR count). The molecule has 0 saturated heterocycles. The molecule has 1 aromatic carbocycles. The second-order valence-electron chi connectivity index (χ2n) is 3.64. The van der Waals surface area contributed by atoms with Crippen molar-refractivity contribution >= 4 is 0 Å². The molecule has 0 radical (unpaired) electrons. The highest BCUT2D eigenvalue weighted by molar-refractivity contribution is 5.15. The quantitative estimate of drug-likeness (QED) is 0.459. The number of hydrogen-bond donors (Lipinski definition) is 0. The van der Waals surface area contributed by atoms with Crippen LogP contribution in [0, 0.1) is 0 Å². The van der Waals surface area contributed by atoms with Gasteiger partial charge in [0.15, 0.2) is 0 Å². The van der Waals surface area contributed by atoms with E-state index in [1.165, 1.54) is 37.7 Å². The summed E-state index contributed by atoms with van der Waals surface area (Å²) in [6.07, 6.45) is 10.8. The normalized spacial score (nSPS) is 10.9. The second-order valence-corrected chi connectivity index (χ2v) is 3.64. The molecule has 0 aliphatic rings. The van der Waals surface area contributed by atoms with Crippen LogP contribution in [-0.4, -0.2) is 0 Å². The van der Waals surface area contributed by atoms with Gasteiger partial charge in [-0.05, 0) is 24.8 Å². The number of allylic oxidation sites excluding steroid dienone is 2. The van der Waals surface area contributed by atoms with Crippen molar-refractivity contribution in [3.8, 4) is 0 Å². The molecule has 0 bridgehead atoms. The van der Waals surface area contributed by atoms with Gasteiger partial charge in [0.1, 0.15) is 0 Å². The fourth-order valence-corrected chi connectivity index (χ4v) is 1.45. The number of rotatable bonds is 6. The van der Waals surface area contributed by atoms with Gasteiger partial charge in [0.05, 0.1) is 0 Å². The first-order chi connectivity index (χ1) is 6.93. The lowest BCUT2D eigenvalue weighted by Crippen LogP contribution is -1.81. The second kappa shape index (κ2) is 7.37. The fourth-order valence-electron chi connectivity index (χ4n) is 1.45. The molecule has 0 aromatic heterocycles. The van der Waals surface area contributed by atoms with Crippen LogP contribution in [0.2, 0.25) is 0 Å². The standard InChI is InChI=1S/C14H20/c1-2-3-4-5-6-8-11-14-12-9-7-10-13-14/h5-7,9-10,12-13H,2-4,8,11H2,1H3. The van der Waals surface area contributed by atoms with E-state index in [-0.39, 0.29) is 0 Å². The molecule has 0 aliphatic carbocycles. The van der Waals surface area contributed by atoms with Gasteiger partial charge in [-0.15, -0.1) is 0 Å². The zero-order chi connectivity index (χ0) is 10.1. The minimum absolute atomic E-state index is 1.17. The SMILES string of the molecule is CCCCC=CCCc1ccccc1. The third-order valence-corrected chi connectivity index (χ3v) is 2.33. The Morgan fingerprint density at radius 2 is 1.71 bits per heavy atom. The molecule has 0 atom stereocenters. The maximum atomic E-state index is 2.31. The average molecular weight is 188 g/mol. The molecule has 76 valence electrons. The van der Waals surface area contributed by atoms with Crippen LogP contribution < -0.4 is 0 Å². The van der Waals surface area contributed by atoms with Gasteiger partial charge in [-0.1, -0.05) is 62.2 Å². The van der Waals surface area contributed by atoms with Gasteiger partial charge in [0.2, 0.25) is 0 Å². The molecule has 1 aromatic rings. The van der Waals surface area contributed by atoms with Gasteiger partial charge >= 0.3 is 0 Å². The zero-order valence-corrected chi connectivity index (χ0v) is 9.08. The fraction of sp³-hybridized carbons (Fsp3) is 0.429. The summed E-state index contributed by atoms with van der Waals surface area (Å²) in [5.41, 5.74) is 1.44. The Hall–Kier alpha value is -1.04. The molecule has 0 N–H and O–H groups in total. The average Bonchev–Trinajstić information content (AvgIpc) is 2.25. The Morgan fingerprint density at radius 3 is 2.43 bits per heavy atom. The van der Waals surface area contributed by atoms with Crippen molar-refractivity contribution in [1.29, 1.82) is 0 Å². The van der Waals surface area contributed by atoms with E-state index in [0.717, 1.165) is 0 Å². The molecule has 0 saturated carbocycles. The van der Waals surface area contributed by atoms with Gasteiger partial charge in [0, 0.05) is 0 Å². The lowest BCUT2D eigenvalue weighted by molar-refractivity contribution is 0.811. The number of aryl methyl sites for hydroxylation is 1. The Bertz CT molecular complexity index is 246. The lowest BCUT2D eigenvalue weighted by atomic mass is 10.1. The van der Waals surface area contributed by atoms with Crippen LogP contribution in [0.5, 0.6) is 0 Å². The van der Waals surface area contributed by atoms with Gasteiger partial charge in [0.25, 0.3) is 0 Å². The monoisotopic (exact) mass is 188 g/mol. The van der Waals surface area contributed by atoms with Crippen molar-refractivity contribution in [3.63, 3.8) is 0 Å². The third-order valence-electron chi connectivity index (χ3n) is 2.33. The van der Waals surface area contributed by atoms with Crippen LogP contribution >= 0.6 is 0 Å². The van der Waals surface area contributed by atoms with Gasteiger partial charge in [-0.2, -0.15) is 0 Å². The summed E-state index contributed by atoms with van der Waals surface area (Å²) in [5, 5.41) is 0. The molecule has 0 amide bonds. The molecule has 0 spiro atoms. The maximum Gasteiger partial charge on any atom is -0.0244 e. The largest absolute Gasteiger partial charge is 0.0885 e. The summed E-state index contributed by atoms with van der Waals surface area (Å²) >= 11 is 0. The minimum atomic E-state index is 1.17. The van der Waals surface area contributed by atoms with E-state index in [0.29, 0.717) is 0 Å². The molecule has 0 unspecified atom stereocenters. The van der Waals surface area contributed by atoms with Crippen LogP contribution in [-0.2, 0) is 6.42 Å². The number of hydrogen-bond acceptors (Lipinski definition) is 0. The first kappa shape index (κ1) is 11.0. The smallest absolute Gasteiger partial charge is 0.0244 e. The Balaban J connectivity index is 2.12. The van der Waals surface area contributed by atoms with E-state index < -0.39 is 0 Å². The first-order valence-corrected chi connectivity index (χ1v) is 5.62. The molecule has 0 fully saturated rings. The van der Waals surface area contributed by atoms with Gasteiger partial charge in [-0.3, -0.25) is 0 Å². The Kier molecular flexibility index (Phi) is 5.81. The number of unbranched alkanes of at least 4 members (excludes halogenated alkanes) is 2.